The van der Waals surface area contributed by atoms with Crippen molar-refractivity contribution in [3.8, 4) is 5.75 Å². The van der Waals surface area contributed by atoms with E-state index in [1.54, 1.807) is 26.0 Å². The number of anilines is 3. The molecular formula is C28H39FN2O4. The number of ether oxygens (including phenoxy) is 1. The summed E-state index contributed by atoms with van der Waals surface area (Å²) in [5.41, 5.74) is 1.81. The van der Waals surface area contributed by atoms with Crippen LogP contribution in [0.3, 0.4) is 0 Å². The molecule has 35 heavy (non-hydrogen) atoms. The zero-order chi connectivity index (χ0) is 25.6. The highest BCUT2D eigenvalue weighted by atomic mass is 19.1. The lowest BCUT2D eigenvalue weighted by Crippen LogP contribution is -2.45. The number of aliphatic hydroxyl groups is 1. The van der Waals surface area contributed by atoms with E-state index in [1.165, 1.54) is 12.5 Å². The number of benzene rings is 2. The Kier molecular flexibility index (Phi) is 9.00. The first-order valence-corrected chi connectivity index (χ1v) is 12.6. The Balaban J connectivity index is 2.05. The SMILES string of the molecule is CCOc1ccc(Nc2cc(C(C)CC(=O)O)ccc2N(CC(C)(C)O)C2CCCCC2)c(F)c1. The van der Waals surface area contributed by atoms with Crippen molar-refractivity contribution in [2.24, 2.45) is 0 Å². The Bertz CT molecular complexity index is 999. The van der Waals surface area contributed by atoms with Gasteiger partial charge in [-0.1, -0.05) is 32.3 Å². The molecule has 0 spiro atoms. The summed E-state index contributed by atoms with van der Waals surface area (Å²) in [5.74, 6) is -1.03. The summed E-state index contributed by atoms with van der Waals surface area (Å²) in [4.78, 5) is 13.5. The first-order valence-electron chi connectivity index (χ1n) is 12.6. The van der Waals surface area contributed by atoms with Crippen LogP contribution in [0.15, 0.2) is 36.4 Å². The Hall–Kier alpha value is -2.80. The normalized spacial score (nSPS) is 15.5. The van der Waals surface area contributed by atoms with E-state index < -0.39 is 17.4 Å². The quantitative estimate of drug-likeness (QED) is 0.338. The third kappa shape index (κ3) is 7.59. The van der Waals surface area contributed by atoms with Gasteiger partial charge < -0.3 is 25.2 Å². The van der Waals surface area contributed by atoms with Crippen LogP contribution >= 0.6 is 0 Å². The third-order valence-corrected chi connectivity index (χ3v) is 6.47. The lowest BCUT2D eigenvalue weighted by atomic mass is 9.91. The van der Waals surface area contributed by atoms with Crippen molar-refractivity contribution < 1.29 is 24.1 Å². The van der Waals surface area contributed by atoms with Crippen molar-refractivity contribution in [1.29, 1.82) is 0 Å². The number of nitrogens with zero attached hydrogens (tertiary/aromatic N) is 1. The molecule has 1 saturated carbocycles. The summed E-state index contributed by atoms with van der Waals surface area (Å²) in [6, 6.07) is 10.8. The monoisotopic (exact) mass is 486 g/mol. The molecule has 3 N–H and O–H groups in total. The van der Waals surface area contributed by atoms with Crippen molar-refractivity contribution in [3.63, 3.8) is 0 Å². The first-order chi connectivity index (χ1) is 16.6. The molecule has 0 aromatic heterocycles. The summed E-state index contributed by atoms with van der Waals surface area (Å²) in [6.07, 6.45) is 5.55. The van der Waals surface area contributed by atoms with Crippen molar-refractivity contribution in [2.75, 3.05) is 23.4 Å². The number of carboxylic acid groups (broad SMARTS) is 1. The van der Waals surface area contributed by atoms with Crippen molar-refractivity contribution in [3.05, 3.63) is 47.8 Å². The van der Waals surface area contributed by atoms with Gasteiger partial charge in [0.25, 0.3) is 0 Å². The Morgan fingerprint density at radius 1 is 1.17 bits per heavy atom. The number of rotatable bonds is 11. The van der Waals surface area contributed by atoms with Gasteiger partial charge in [0, 0.05) is 18.7 Å². The Morgan fingerprint density at radius 3 is 2.49 bits per heavy atom. The maximum Gasteiger partial charge on any atom is 0.303 e. The van der Waals surface area contributed by atoms with Gasteiger partial charge in [0.2, 0.25) is 0 Å². The van der Waals surface area contributed by atoms with Gasteiger partial charge in [-0.2, -0.15) is 0 Å². The summed E-state index contributed by atoms with van der Waals surface area (Å²) in [7, 11) is 0. The number of hydrogen-bond donors (Lipinski definition) is 3. The second-order valence-corrected chi connectivity index (χ2v) is 10.2. The largest absolute Gasteiger partial charge is 0.494 e. The average Bonchev–Trinajstić information content (AvgIpc) is 2.79. The second-order valence-electron chi connectivity index (χ2n) is 10.2. The van der Waals surface area contributed by atoms with Gasteiger partial charge in [-0.25, -0.2) is 4.39 Å². The number of hydrogen-bond acceptors (Lipinski definition) is 5. The van der Waals surface area contributed by atoms with Crippen LogP contribution in [0.5, 0.6) is 5.75 Å². The minimum atomic E-state index is -0.922. The van der Waals surface area contributed by atoms with Crippen molar-refractivity contribution in [2.45, 2.75) is 83.8 Å². The van der Waals surface area contributed by atoms with Crippen LogP contribution in [0.2, 0.25) is 0 Å². The smallest absolute Gasteiger partial charge is 0.303 e. The average molecular weight is 487 g/mol. The fraction of sp³-hybridized carbons (Fsp3) is 0.536. The first kappa shape index (κ1) is 26.8. The minimum absolute atomic E-state index is 0.00616. The van der Waals surface area contributed by atoms with Gasteiger partial charge in [-0.15, -0.1) is 0 Å². The zero-order valence-electron chi connectivity index (χ0n) is 21.3. The van der Waals surface area contributed by atoms with Crippen LogP contribution in [-0.4, -0.2) is 41.0 Å². The van der Waals surface area contributed by atoms with Crippen LogP contribution in [-0.2, 0) is 4.79 Å². The van der Waals surface area contributed by atoms with Gasteiger partial charge >= 0.3 is 5.97 Å². The number of aliphatic carboxylic acids is 1. The fourth-order valence-corrected chi connectivity index (χ4v) is 4.81. The molecule has 0 heterocycles. The van der Waals surface area contributed by atoms with E-state index in [-0.39, 0.29) is 18.4 Å². The molecule has 192 valence electrons. The number of carboxylic acids is 1. The molecule has 2 aromatic carbocycles. The molecule has 0 amide bonds. The van der Waals surface area contributed by atoms with E-state index in [1.807, 2.05) is 32.0 Å². The molecule has 0 bridgehead atoms. The molecule has 1 atom stereocenters. The molecule has 1 unspecified atom stereocenters. The van der Waals surface area contributed by atoms with Gasteiger partial charge in [-0.3, -0.25) is 4.79 Å². The van der Waals surface area contributed by atoms with E-state index >= 15 is 0 Å². The van der Waals surface area contributed by atoms with E-state index in [0.717, 1.165) is 36.9 Å². The summed E-state index contributed by atoms with van der Waals surface area (Å²) < 4.78 is 20.4. The number of nitrogens with one attached hydrogen (secondary N) is 1. The molecule has 2 aromatic rings. The predicted octanol–water partition coefficient (Wildman–Crippen LogP) is 6.46. The Morgan fingerprint density at radius 2 is 1.89 bits per heavy atom. The van der Waals surface area contributed by atoms with Crippen molar-refractivity contribution >= 4 is 23.0 Å². The van der Waals surface area contributed by atoms with Crippen LogP contribution in [0.25, 0.3) is 0 Å². The maximum atomic E-state index is 15.0. The van der Waals surface area contributed by atoms with E-state index in [9.17, 15) is 19.4 Å². The minimum Gasteiger partial charge on any atom is -0.494 e. The van der Waals surface area contributed by atoms with E-state index in [0.29, 0.717) is 30.3 Å². The van der Waals surface area contributed by atoms with E-state index in [2.05, 4.69) is 10.2 Å². The molecule has 0 saturated heterocycles. The third-order valence-electron chi connectivity index (χ3n) is 6.47. The highest BCUT2D eigenvalue weighted by Gasteiger charge is 2.29. The number of carbonyl (C=O) groups is 1. The molecule has 0 aliphatic heterocycles. The van der Waals surface area contributed by atoms with Gasteiger partial charge in [0.1, 0.15) is 11.6 Å². The van der Waals surface area contributed by atoms with Gasteiger partial charge in [-0.05, 0) is 69.4 Å². The Labute approximate surface area is 208 Å². The molecule has 1 fully saturated rings. The molecule has 3 rings (SSSR count). The van der Waals surface area contributed by atoms with E-state index in [4.69, 9.17) is 4.74 Å². The van der Waals surface area contributed by atoms with Crippen LogP contribution in [0.4, 0.5) is 21.5 Å². The topological polar surface area (TPSA) is 82.0 Å². The van der Waals surface area contributed by atoms with Gasteiger partial charge in [0.05, 0.1) is 35.7 Å². The molecule has 1 aliphatic rings. The predicted molar refractivity (Wildman–Crippen MR) is 138 cm³/mol. The second kappa shape index (κ2) is 11.8. The lowest BCUT2D eigenvalue weighted by molar-refractivity contribution is -0.137. The van der Waals surface area contributed by atoms with Crippen LogP contribution in [0, 0.1) is 5.82 Å². The van der Waals surface area contributed by atoms with Crippen molar-refractivity contribution in [1.82, 2.24) is 0 Å². The molecule has 0 radical (unpaired) electrons. The molecular weight excluding hydrogens is 447 g/mol. The maximum absolute atomic E-state index is 15.0. The zero-order valence-corrected chi connectivity index (χ0v) is 21.3. The van der Waals surface area contributed by atoms with Crippen LogP contribution < -0.4 is 15.0 Å². The molecule has 1 aliphatic carbocycles. The summed E-state index contributed by atoms with van der Waals surface area (Å²) >= 11 is 0. The highest BCUT2D eigenvalue weighted by Crippen LogP contribution is 2.38. The highest BCUT2D eigenvalue weighted by molar-refractivity contribution is 5.77. The standard InChI is InChI=1S/C28H39FN2O4/c1-5-35-22-12-13-24(23(29)17-22)30-25-16-20(19(2)15-27(32)33)11-14-26(25)31(18-28(3,4)34)21-9-7-6-8-10-21/h11-14,16-17,19,21,30,34H,5-10,15,18H2,1-4H3,(H,32,33). The molecule has 6 nitrogen and oxygen atoms in total. The fourth-order valence-electron chi connectivity index (χ4n) is 4.81. The van der Waals surface area contributed by atoms with Crippen LogP contribution in [0.1, 0.15) is 77.7 Å². The van der Waals surface area contributed by atoms with Gasteiger partial charge in [0.15, 0.2) is 0 Å². The summed E-state index contributed by atoms with van der Waals surface area (Å²) in [6.45, 7) is 8.20. The summed E-state index contributed by atoms with van der Waals surface area (Å²) in [5, 5.41) is 23.3. The lowest BCUT2D eigenvalue weighted by Gasteiger charge is -2.40. The number of halogens is 1. The molecule has 7 heteroatoms.